The van der Waals surface area contributed by atoms with E-state index in [2.05, 4.69) is 10.4 Å². The topological polar surface area (TPSA) is 76.2 Å². The van der Waals surface area contributed by atoms with Gasteiger partial charge in [-0.25, -0.2) is 0 Å². The van der Waals surface area contributed by atoms with Crippen LogP contribution in [0.2, 0.25) is 0 Å². The Balaban J connectivity index is 2.53. The Morgan fingerprint density at radius 2 is 2.29 bits per heavy atom. The normalized spacial score (nSPS) is 14.7. The number of rotatable bonds is 5. The lowest BCUT2D eigenvalue weighted by Gasteiger charge is -2.20. The average Bonchev–Trinajstić information content (AvgIpc) is 2.62. The van der Waals surface area contributed by atoms with Crippen molar-refractivity contribution in [3.8, 4) is 0 Å². The van der Waals surface area contributed by atoms with Crippen LogP contribution in [0.25, 0.3) is 0 Å². The Kier molecular flexibility index (Phi) is 4.65. The van der Waals surface area contributed by atoms with Crippen molar-refractivity contribution in [2.45, 2.75) is 19.0 Å². The van der Waals surface area contributed by atoms with Crippen LogP contribution in [0, 0.1) is 0 Å². The van der Waals surface area contributed by atoms with E-state index >= 15 is 0 Å². The Bertz CT molecular complexity index is 374. The molecule has 0 bridgehead atoms. The van der Waals surface area contributed by atoms with Gasteiger partial charge in [0.2, 0.25) is 5.91 Å². The van der Waals surface area contributed by atoms with Gasteiger partial charge in [-0.1, -0.05) is 0 Å². The van der Waals surface area contributed by atoms with Crippen molar-refractivity contribution >= 4 is 5.91 Å². The number of likely N-dealkylation sites (N-methyl/N-ethyl adjacent to an activating group) is 1. The van der Waals surface area contributed by atoms with Gasteiger partial charge in [-0.15, -0.1) is 0 Å². The van der Waals surface area contributed by atoms with E-state index in [1.165, 1.54) is 0 Å². The quantitative estimate of drug-likeness (QED) is 0.725. The van der Waals surface area contributed by atoms with E-state index in [9.17, 15) is 4.79 Å². The number of nitrogens with two attached hydrogens (primary N) is 1. The lowest BCUT2D eigenvalue weighted by Crippen LogP contribution is -2.43. The number of aryl methyl sites for hydroxylation is 1. The number of hydrogen-bond donors (Lipinski definition) is 2. The first kappa shape index (κ1) is 13.7. The predicted octanol–water partition coefficient (Wildman–Crippen LogP) is -0.514. The molecule has 96 valence electrons. The van der Waals surface area contributed by atoms with Crippen molar-refractivity contribution in [3.63, 3.8) is 0 Å². The minimum atomic E-state index is -0.659. The molecule has 1 amide bonds. The van der Waals surface area contributed by atoms with Crippen molar-refractivity contribution in [3.05, 3.63) is 18.0 Å². The van der Waals surface area contributed by atoms with Gasteiger partial charge in [-0.2, -0.15) is 5.10 Å². The molecule has 0 fully saturated rings. The highest BCUT2D eigenvalue weighted by Crippen LogP contribution is 2.08. The number of aromatic nitrogens is 2. The molecule has 1 aromatic heterocycles. The summed E-state index contributed by atoms with van der Waals surface area (Å²) in [6.45, 7) is 2.74. The van der Waals surface area contributed by atoms with Crippen LogP contribution in [0.3, 0.4) is 0 Å². The third-order valence-corrected chi connectivity index (χ3v) is 2.39. The van der Waals surface area contributed by atoms with Gasteiger partial charge in [0.25, 0.3) is 0 Å². The molecule has 0 saturated carbocycles. The highest BCUT2D eigenvalue weighted by molar-refractivity contribution is 5.83. The van der Waals surface area contributed by atoms with Crippen LogP contribution in [0.4, 0.5) is 0 Å². The molecule has 0 aromatic carbocycles. The highest BCUT2D eigenvalue weighted by atomic mass is 16.2. The van der Waals surface area contributed by atoms with Crippen LogP contribution in [-0.2, 0) is 11.8 Å². The summed E-state index contributed by atoms with van der Waals surface area (Å²) >= 11 is 0. The molecule has 17 heavy (non-hydrogen) atoms. The van der Waals surface area contributed by atoms with Gasteiger partial charge in [0.1, 0.15) is 6.04 Å². The molecule has 6 heteroatoms. The summed E-state index contributed by atoms with van der Waals surface area (Å²) in [5.74, 6) is -0.174. The molecule has 1 heterocycles. The molecular weight excluding hydrogens is 218 g/mol. The maximum atomic E-state index is 11.9. The van der Waals surface area contributed by atoms with E-state index in [-0.39, 0.29) is 11.9 Å². The molecule has 3 N–H and O–H groups in total. The molecule has 1 aromatic rings. The van der Waals surface area contributed by atoms with E-state index in [4.69, 9.17) is 5.73 Å². The molecule has 0 aliphatic rings. The van der Waals surface area contributed by atoms with E-state index in [0.29, 0.717) is 0 Å². The first-order chi connectivity index (χ1) is 7.90. The zero-order valence-electron chi connectivity index (χ0n) is 10.8. The summed E-state index contributed by atoms with van der Waals surface area (Å²) in [5.41, 5.74) is 6.58. The number of nitrogens with one attached hydrogen (secondary N) is 1. The zero-order valence-corrected chi connectivity index (χ0v) is 10.8. The molecule has 0 spiro atoms. The monoisotopic (exact) mass is 239 g/mol. The molecule has 0 aliphatic carbocycles. The van der Waals surface area contributed by atoms with E-state index < -0.39 is 6.04 Å². The summed E-state index contributed by atoms with van der Waals surface area (Å²) in [4.78, 5) is 13.9. The largest absolute Gasteiger partial charge is 0.351 e. The summed E-state index contributed by atoms with van der Waals surface area (Å²) in [5, 5.41) is 6.87. The number of nitrogens with zero attached hydrogens (tertiary/aromatic N) is 3. The van der Waals surface area contributed by atoms with E-state index in [0.717, 1.165) is 12.1 Å². The van der Waals surface area contributed by atoms with Crippen LogP contribution >= 0.6 is 0 Å². The first-order valence-corrected chi connectivity index (χ1v) is 5.59. The van der Waals surface area contributed by atoms with Crippen LogP contribution in [-0.4, -0.2) is 47.3 Å². The van der Waals surface area contributed by atoms with Gasteiger partial charge >= 0.3 is 0 Å². The van der Waals surface area contributed by atoms with Crippen LogP contribution in [0.5, 0.6) is 0 Å². The van der Waals surface area contributed by atoms with Crippen molar-refractivity contribution in [2.24, 2.45) is 12.8 Å². The second-order valence-corrected chi connectivity index (χ2v) is 4.60. The molecule has 0 radical (unpaired) electrons. The zero-order chi connectivity index (χ0) is 13.0. The van der Waals surface area contributed by atoms with E-state index in [1.807, 2.05) is 25.9 Å². The lowest BCUT2D eigenvalue weighted by atomic mass is 10.1. The lowest BCUT2D eigenvalue weighted by molar-refractivity contribution is -0.123. The molecule has 0 saturated heterocycles. The summed E-state index contributed by atoms with van der Waals surface area (Å²) in [6, 6.07) is -0.589. The third-order valence-electron chi connectivity index (χ3n) is 2.39. The summed E-state index contributed by atoms with van der Waals surface area (Å²) < 4.78 is 1.63. The Hall–Kier alpha value is -1.40. The smallest absolute Gasteiger partial charge is 0.241 e. The Morgan fingerprint density at radius 3 is 2.76 bits per heavy atom. The Morgan fingerprint density at radius 1 is 1.65 bits per heavy atom. The minimum absolute atomic E-state index is 0.0696. The number of carbonyl (C=O) groups is 1. The van der Waals surface area contributed by atoms with Crippen LogP contribution < -0.4 is 11.1 Å². The van der Waals surface area contributed by atoms with Crippen LogP contribution in [0.15, 0.2) is 12.4 Å². The second kappa shape index (κ2) is 5.79. The second-order valence-electron chi connectivity index (χ2n) is 4.60. The molecule has 2 unspecified atom stereocenters. The fraction of sp³-hybridized carbons (Fsp3) is 0.636. The van der Waals surface area contributed by atoms with Crippen molar-refractivity contribution in [1.82, 2.24) is 20.0 Å². The summed E-state index contributed by atoms with van der Waals surface area (Å²) in [6.07, 6.45) is 3.36. The van der Waals surface area contributed by atoms with Gasteiger partial charge < -0.3 is 16.0 Å². The standard InChI is InChI=1S/C11H21N5O/c1-8(6-15(2)3)14-11(17)10(12)9-5-13-16(4)7-9/h5,7-8,10H,6,12H2,1-4H3,(H,14,17). The first-order valence-electron chi connectivity index (χ1n) is 5.59. The van der Waals surface area contributed by atoms with Gasteiger partial charge in [0.05, 0.1) is 6.20 Å². The molecule has 2 atom stereocenters. The van der Waals surface area contributed by atoms with Crippen molar-refractivity contribution < 1.29 is 4.79 Å². The number of carbonyl (C=O) groups excluding carboxylic acids is 1. The van der Waals surface area contributed by atoms with Gasteiger partial charge in [0.15, 0.2) is 0 Å². The maximum Gasteiger partial charge on any atom is 0.241 e. The van der Waals surface area contributed by atoms with Gasteiger partial charge in [0, 0.05) is 31.4 Å². The number of amides is 1. The molecular formula is C11H21N5O. The molecule has 0 aliphatic heterocycles. The molecule has 6 nitrogen and oxygen atoms in total. The summed E-state index contributed by atoms with van der Waals surface area (Å²) in [7, 11) is 5.72. The van der Waals surface area contributed by atoms with Gasteiger partial charge in [-0.3, -0.25) is 9.48 Å². The SMILES string of the molecule is CC(CN(C)C)NC(=O)C(N)c1cnn(C)c1. The van der Waals surface area contributed by atoms with E-state index in [1.54, 1.807) is 24.1 Å². The highest BCUT2D eigenvalue weighted by Gasteiger charge is 2.18. The minimum Gasteiger partial charge on any atom is -0.351 e. The Labute approximate surface area is 102 Å². The van der Waals surface area contributed by atoms with Crippen LogP contribution in [0.1, 0.15) is 18.5 Å². The fourth-order valence-electron chi connectivity index (χ4n) is 1.68. The third kappa shape index (κ3) is 4.16. The van der Waals surface area contributed by atoms with Gasteiger partial charge in [-0.05, 0) is 21.0 Å². The van der Waals surface area contributed by atoms with Crippen molar-refractivity contribution in [1.29, 1.82) is 0 Å². The molecule has 1 rings (SSSR count). The maximum absolute atomic E-state index is 11.9. The number of hydrogen-bond acceptors (Lipinski definition) is 4. The predicted molar refractivity (Wildman–Crippen MR) is 66.3 cm³/mol. The average molecular weight is 239 g/mol. The van der Waals surface area contributed by atoms with Crippen molar-refractivity contribution in [2.75, 3.05) is 20.6 Å². The fourth-order valence-corrected chi connectivity index (χ4v) is 1.68.